The highest BCUT2D eigenvalue weighted by Crippen LogP contribution is 2.11. The maximum absolute atomic E-state index is 12.2. The van der Waals surface area contributed by atoms with E-state index < -0.39 is 5.91 Å². The molecule has 3 amide bonds. The lowest BCUT2D eigenvalue weighted by atomic mass is 10.1. The lowest BCUT2D eigenvalue weighted by Gasteiger charge is -2.11. The summed E-state index contributed by atoms with van der Waals surface area (Å²) >= 11 is 10.8. The Morgan fingerprint density at radius 3 is 2.17 bits per heavy atom. The first-order chi connectivity index (χ1) is 13.7. The number of rotatable bonds is 5. The van der Waals surface area contributed by atoms with Crippen molar-refractivity contribution in [1.29, 1.82) is 0 Å². The lowest BCUT2D eigenvalue weighted by Crippen LogP contribution is -2.48. The number of hydrazine groups is 1. The molecule has 4 N–H and O–H groups in total. The van der Waals surface area contributed by atoms with Gasteiger partial charge in [-0.05, 0) is 54.2 Å². The van der Waals surface area contributed by atoms with Crippen LogP contribution < -0.4 is 21.5 Å². The van der Waals surface area contributed by atoms with Crippen molar-refractivity contribution < 1.29 is 14.4 Å². The summed E-state index contributed by atoms with van der Waals surface area (Å²) < 4.78 is 0. The molecule has 0 bridgehead atoms. The first-order valence-electron chi connectivity index (χ1n) is 8.80. The molecule has 0 atom stereocenters. The van der Waals surface area contributed by atoms with Gasteiger partial charge in [0.15, 0.2) is 5.11 Å². The molecule has 0 aliphatic heterocycles. The fraction of sp³-hybridized carbons (Fsp3) is 0.200. The Morgan fingerprint density at radius 1 is 0.966 bits per heavy atom. The minimum Gasteiger partial charge on any atom is -0.326 e. The molecule has 2 aromatic carbocycles. The second-order valence-electron chi connectivity index (χ2n) is 6.48. The number of carbonyl (C=O) groups is 3. The third kappa shape index (κ3) is 7.52. The largest absolute Gasteiger partial charge is 0.326 e. The number of hydrogen-bond donors (Lipinski definition) is 4. The van der Waals surface area contributed by atoms with Crippen LogP contribution in [-0.2, 0) is 16.0 Å². The van der Waals surface area contributed by atoms with Crippen LogP contribution in [0.5, 0.6) is 0 Å². The molecule has 152 valence electrons. The Kier molecular flexibility index (Phi) is 8.11. The van der Waals surface area contributed by atoms with E-state index in [1.165, 1.54) is 0 Å². The fourth-order valence-electron chi connectivity index (χ4n) is 2.17. The average Bonchev–Trinajstić information content (AvgIpc) is 2.68. The van der Waals surface area contributed by atoms with Crippen LogP contribution in [0, 0.1) is 5.92 Å². The van der Waals surface area contributed by atoms with E-state index in [9.17, 15) is 14.4 Å². The van der Waals surface area contributed by atoms with Crippen LogP contribution in [0.25, 0.3) is 0 Å². The molecule has 0 saturated carbocycles. The fourth-order valence-corrected chi connectivity index (χ4v) is 2.46. The second kappa shape index (κ2) is 10.5. The molecule has 9 heteroatoms. The summed E-state index contributed by atoms with van der Waals surface area (Å²) in [5.41, 5.74) is 6.62. The molecule has 2 aromatic rings. The third-order valence-corrected chi connectivity index (χ3v) is 4.22. The van der Waals surface area contributed by atoms with Gasteiger partial charge in [0.1, 0.15) is 0 Å². The maximum atomic E-state index is 12.2. The van der Waals surface area contributed by atoms with Gasteiger partial charge in [-0.25, -0.2) is 0 Å². The molecule has 0 aliphatic rings. The molecule has 7 nitrogen and oxygen atoms in total. The Bertz CT molecular complexity index is 899. The molecule has 0 heterocycles. The van der Waals surface area contributed by atoms with Gasteiger partial charge in [-0.3, -0.25) is 25.2 Å². The van der Waals surface area contributed by atoms with Gasteiger partial charge in [-0.15, -0.1) is 0 Å². The number of benzene rings is 2. The van der Waals surface area contributed by atoms with Crippen LogP contribution in [0.4, 0.5) is 5.69 Å². The molecular formula is C20H21ClN4O3S. The number of thiocarbonyl (C=S) groups is 1. The molecule has 0 aromatic heterocycles. The van der Waals surface area contributed by atoms with Crippen molar-refractivity contribution in [3.05, 3.63) is 64.7 Å². The zero-order chi connectivity index (χ0) is 21.4. The molecular weight excluding hydrogens is 412 g/mol. The van der Waals surface area contributed by atoms with E-state index in [0.29, 0.717) is 16.3 Å². The van der Waals surface area contributed by atoms with Crippen LogP contribution in [0.2, 0.25) is 5.02 Å². The van der Waals surface area contributed by atoms with Crippen LogP contribution >= 0.6 is 23.8 Å². The van der Waals surface area contributed by atoms with Gasteiger partial charge in [0.25, 0.3) is 5.91 Å². The number of nitrogens with one attached hydrogen (secondary N) is 4. The SMILES string of the molecule is CC(C)C(=O)Nc1ccc(C(=O)NNC(=S)NC(=O)Cc2ccc(Cl)cc2)cc1. The van der Waals surface area contributed by atoms with Gasteiger partial charge in [-0.2, -0.15) is 0 Å². The number of carbonyl (C=O) groups excluding carboxylic acids is 3. The molecule has 2 rings (SSSR count). The first kappa shape index (κ1) is 22.3. The Labute approximate surface area is 179 Å². The van der Waals surface area contributed by atoms with E-state index in [-0.39, 0.29) is 29.3 Å². The van der Waals surface area contributed by atoms with Crippen molar-refractivity contribution in [2.75, 3.05) is 5.32 Å². The summed E-state index contributed by atoms with van der Waals surface area (Å²) in [5, 5.41) is 5.78. The summed E-state index contributed by atoms with van der Waals surface area (Å²) in [7, 11) is 0. The van der Waals surface area contributed by atoms with E-state index in [4.69, 9.17) is 23.8 Å². The third-order valence-electron chi connectivity index (χ3n) is 3.76. The molecule has 29 heavy (non-hydrogen) atoms. The highest BCUT2D eigenvalue weighted by Gasteiger charge is 2.10. The van der Waals surface area contributed by atoms with Crippen molar-refractivity contribution in [1.82, 2.24) is 16.2 Å². The Balaban J connectivity index is 1.78. The van der Waals surface area contributed by atoms with Crippen LogP contribution in [0.3, 0.4) is 0 Å². The van der Waals surface area contributed by atoms with Gasteiger partial charge in [0.2, 0.25) is 11.8 Å². The van der Waals surface area contributed by atoms with Gasteiger partial charge >= 0.3 is 0 Å². The zero-order valence-corrected chi connectivity index (χ0v) is 17.5. The minimum atomic E-state index is -0.443. The van der Waals surface area contributed by atoms with Crippen molar-refractivity contribution in [3.8, 4) is 0 Å². The Hall–Kier alpha value is -2.97. The van der Waals surface area contributed by atoms with E-state index in [2.05, 4.69) is 21.5 Å². The molecule has 0 fully saturated rings. The lowest BCUT2D eigenvalue weighted by molar-refractivity contribution is -0.119. The standard InChI is InChI=1S/C20H21ClN4O3S/c1-12(2)18(27)22-16-9-5-14(6-10-16)19(28)24-25-20(29)23-17(26)11-13-3-7-15(21)8-4-13/h3-10,12H,11H2,1-2H3,(H,22,27)(H,24,28)(H2,23,25,26,29). The zero-order valence-electron chi connectivity index (χ0n) is 15.9. The number of amides is 3. The predicted molar refractivity (Wildman–Crippen MR) is 116 cm³/mol. The van der Waals surface area contributed by atoms with Gasteiger partial charge in [0, 0.05) is 22.2 Å². The summed E-state index contributed by atoms with van der Waals surface area (Å²) in [6, 6.07) is 13.3. The van der Waals surface area contributed by atoms with Crippen molar-refractivity contribution in [2.24, 2.45) is 5.92 Å². The van der Waals surface area contributed by atoms with Crippen molar-refractivity contribution in [2.45, 2.75) is 20.3 Å². The number of anilines is 1. The van der Waals surface area contributed by atoms with E-state index in [0.717, 1.165) is 5.56 Å². The van der Waals surface area contributed by atoms with Crippen molar-refractivity contribution in [3.63, 3.8) is 0 Å². The summed E-state index contributed by atoms with van der Waals surface area (Å²) in [4.78, 5) is 35.8. The smallest absolute Gasteiger partial charge is 0.269 e. The minimum absolute atomic E-state index is 0.0295. The van der Waals surface area contributed by atoms with Crippen molar-refractivity contribution >= 4 is 52.3 Å². The quantitative estimate of drug-likeness (QED) is 0.430. The normalized spacial score (nSPS) is 10.2. The van der Waals surface area contributed by atoms with E-state index in [1.54, 1.807) is 62.4 Å². The van der Waals surface area contributed by atoms with Gasteiger partial charge in [-0.1, -0.05) is 37.6 Å². The Morgan fingerprint density at radius 2 is 1.59 bits per heavy atom. The second-order valence-corrected chi connectivity index (χ2v) is 7.33. The first-order valence-corrected chi connectivity index (χ1v) is 9.58. The highest BCUT2D eigenvalue weighted by atomic mass is 35.5. The number of hydrogen-bond acceptors (Lipinski definition) is 4. The molecule has 0 spiro atoms. The topological polar surface area (TPSA) is 99.3 Å². The molecule has 0 aliphatic carbocycles. The predicted octanol–water partition coefficient (Wildman–Crippen LogP) is 2.81. The molecule has 0 radical (unpaired) electrons. The van der Waals surface area contributed by atoms with Gasteiger partial charge in [0.05, 0.1) is 6.42 Å². The van der Waals surface area contributed by atoms with Crippen LogP contribution in [-0.4, -0.2) is 22.8 Å². The van der Waals surface area contributed by atoms with E-state index >= 15 is 0 Å². The summed E-state index contributed by atoms with van der Waals surface area (Å²) in [6.07, 6.45) is 0.122. The van der Waals surface area contributed by atoms with E-state index in [1.807, 2.05) is 0 Å². The number of halogens is 1. The monoisotopic (exact) mass is 432 g/mol. The summed E-state index contributed by atoms with van der Waals surface area (Å²) in [5.74, 6) is -1.02. The summed E-state index contributed by atoms with van der Waals surface area (Å²) in [6.45, 7) is 3.58. The van der Waals surface area contributed by atoms with Gasteiger partial charge < -0.3 is 10.6 Å². The molecule has 0 unspecified atom stereocenters. The maximum Gasteiger partial charge on any atom is 0.269 e. The average molecular weight is 433 g/mol. The molecule has 0 saturated heterocycles. The van der Waals surface area contributed by atoms with Crippen LogP contribution in [0.15, 0.2) is 48.5 Å². The van der Waals surface area contributed by atoms with Crippen LogP contribution in [0.1, 0.15) is 29.8 Å². The highest BCUT2D eigenvalue weighted by molar-refractivity contribution is 7.80.